The number of alkyl halides is 3. The van der Waals surface area contributed by atoms with Crippen LogP contribution in [-0.4, -0.2) is 16.5 Å². The largest absolute Gasteiger partial charge is 0.417 e. The van der Waals surface area contributed by atoms with Crippen LogP contribution in [0.4, 0.5) is 13.2 Å². The zero-order valence-corrected chi connectivity index (χ0v) is 12.1. The summed E-state index contributed by atoms with van der Waals surface area (Å²) in [5.41, 5.74) is -0.310. The summed E-state index contributed by atoms with van der Waals surface area (Å²) in [6.07, 6.45) is -3.65. The van der Waals surface area contributed by atoms with Crippen LogP contribution in [0.25, 0.3) is 0 Å². The minimum atomic E-state index is -4.41. The molecule has 110 valence electrons. The van der Waals surface area contributed by atoms with Crippen molar-refractivity contribution in [1.82, 2.24) is 4.98 Å². The Morgan fingerprint density at radius 3 is 2.33 bits per heavy atom. The maximum Gasteiger partial charge on any atom is 0.417 e. The molecule has 0 amide bonds. The van der Waals surface area contributed by atoms with E-state index in [9.17, 15) is 18.0 Å². The highest BCUT2D eigenvalue weighted by atomic mass is 35.5. The molecule has 0 N–H and O–H groups in total. The average molecular weight is 332 g/mol. The van der Waals surface area contributed by atoms with Crippen molar-refractivity contribution in [1.29, 1.82) is 0 Å². The minimum Gasteiger partial charge on any atom is -0.293 e. The fraction of sp³-hybridized carbons (Fsp3) is 0.143. The highest BCUT2D eigenvalue weighted by Crippen LogP contribution is 2.29. The standard InChI is InChI=1S/C14H9ClF3NOS/c15-11-4-1-9(2-5-11)12(20)8-21-13-6-3-10(7-19-13)14(16,17)18/h1-7H,8H2. The van der Waals surface area contributed by atoms with Gasteiger partial charge in [0.05, 0.1) is 16.3 Å². The molecule has 1 heterocycles. The second kappa shape index (κ2) is 6.49. The van der Waals surface area contributed by atoms with Crippen LogP contribution < -0.4 is 0 Å². The first kappa shape index (κ1) is 15.9. The highest BCUT2D eigenvalue weighted by molar-refractivity contribution is 7.99. The molecule has 0 unspecified atom stereocenters. The van der Waals surface area contributed by atoms with E-state index in [1.165, 1.54) is 6.07 Å². The number of benzene rings is 1. The van der Waals surface area contributed by atoms with Gasteiger partial charge >= 0.3 is 6.18 Å². The zero-order valence-electron chi connectivity index (χ0n) is 10.5. The molecule has 0 radical (unpaired) electrons. The zero-order chi connectivity index (χ0) is 15.5. The lowest BCUT2D eigenvalue weighted by atomic mass is 10.1. The van der Waals surface area contributed by atoms with Crippen LogP contribution in [-0.2, 0) is 6.18 Å². The SMILES string of the molecule is O=C(CSc1ccc(C(F)(F)F)cn1)c1ccc(Cl)cc1. The van der Waals surface area contributed by atoms with Gasteiger partial charge in [-0.3, -0.25) is 4.79 Å². The van der Waals surface area contributed by atoms with Gasteiger partial charge in [0.15, 0.2) is 5.78 Å². The normalized spacial score (nSPS) is 11.4. The van der Waals surface area contributed by atoms with Crippen LogP contribution in [0.15, 0.2) is 47.6 Å². The number of thioether (sulfide) groups is 1. The van der Waals surface area contributed by atoms with Gasteiger partial charge in [-0.05, 0) is 36.4 Å². The molecule has 0 aliphatic heterocycles. The van der Waals surface area contributed by atoms with Gasteiger partial charge in [-0.15, -0.1) is 0 Å². The predicted octanol–water partition coefficient (Wildman–Crippen LogP) is 4.73. The van der Waals surface area contributed by atoms with E-state index >= 15 is 0 Å². The molecule has 0 bridgehead atoms. The van der Waals surface area contributed by atoms with Crippen molar-refractivity contribution in [3.63, 3.8) is 0 Å². The number of pyridine rings is 1. The topological polar surface area (TPSA) is 30.0 Å². The van der Waals surface area contributed by atoms with Gasteiger partial charge in [0.25, 0.3) is 0 Å². The van der Waals surface area contributed by atoms with Crippen molar-refractivity contribution in [2.24, 2.45) is 0 Å². The van der Waals surface area contributed by atoms with Crippen LogP contribution in [0.1, 0.15) is 15.9 Å². The fourth-order valence-electron chi connectivity index (χ4n) is 1.49. The third-order valence-electron chi connectivity index (χ3n) is 2.58. The summed E-state index contributed by atoms with van der Waals surface area (Å²) >= 11 is 6.81. The number of nitrogens with zero attached hydrogens (tertiary/aromatic N) is 1. The number of hydrogen-bond donors (Lipinski definition) is 0. The van der Waals surface area contributed by atoms with Gasteiger partial charge in [-0.2, -0.15) is 13.2 Å². The van der Waals surface area contributed by atoms with E-state index in [0.717, 1.165) is 24.0 Å². The van der Waals surface area contributed by atoms with Crippen molar-refractivity contribution >= 4 is 29.1 Å². The molecule has 0 atom stereocenters. The van der Waals surface area contributed by atoms with E-state index in [4.69, 9.17) is 11.6 Å². The van der Waals surface area contributed by atoms with Crippen LogP contribution in [0, 0.1) is 0 Å². The van der Waals surface area contributed by atoms with Gasteiger partial charge in [0.1, 0.15) is 0 Å². The number of carbonyl (C=O) groups is 1. The van der Waals surface area contributed by atoms with Gasteiger partial charge in [-0.25, -0.2) is 4.98 Å². The lowest BCUT2D eigenvalue weighted by Gasteiger charge is -2.06. The summed E-state index contributed by atoms with van der Waals surface area (Å²) in [6.45, 7) is 0. The molecular formula is C14H9ClF3NOS. The van der Waals surface area contributed by atoms with Crippen molar-refractivity contribution in [3.8, 4) is 0 Å². The molecule has 0 aliphatic carbocycles. The summed E-state index contributed by atoms with van der Waals surface area (Å²) in [4.78, 5) is 15.6. The number of Topliss-reactive ketones (excluding diaryl/α,β-unsaturated/α-hetero) is 1. The summed E-state index contributed by atoms with van der Waals surface area (Å²) in [7, 11) is 0. The summed E-state index contributed by atoms with van der Waals surface area (Å²) in [5.74, 6) is -0.0432. The third kappa shape index (κ3) is 4.47. The Bertz CT molecular complexity index is 626. The average Bonchev–Trinajstić information content (AvgIpc) is 2.45. The van der Waals surface area contributed by atoms with Gasteiger partial charge in [-0.1, -0.05) is 23.4 Å². The number of ketones is 1. The first-order valence-electron chi connectivity index (χ1n) is 5.81. The Morgan fingerprint density at radius 1 is 1.14 bits per heavy atom. The Hall–Kier alpha value is -1.53. The Labute approximate surface area is 128 Å². The number of aromatic nitrogens is 1. The first-order chi connectivity index (χ1) is 9.86. The Balaban J connectivity index is 1.97. The van der Waals surface area contributed by atoms with Crippen LogP contribution >= 0.6 is 23.4 Å². The predicted molar refractivity (Wildman–Crippen MR) is 75.7 cm³/mol. The van der Waals surface area contributed by atoms with Crippen molar-refractivity contribution in [2.75, 3.05) is 5.75 Å². The number of carbonyl (C=O) groups excluding carboxylic acids is 1. The molecule has 0 fully saturated rings. The first-order valence-corrected chi connectivity index (χ1v) is 7.17. The van der Waals surface area contributed by atoms with Crippen LogP contribution in [0.2, 0.25) is 5.02 Å². The van der Waals surface area contributed by atoms with Gasteiger partial charge in [0.2, 0.25) is 0 Å². The quantitative estimate of drug-likeness (QED) is 0.599. The molecule has 7 heteroatoms. The molecule has 2 aromatic rings. The molecule has 0 saturated carbocycles. The molecule has 0 spiro atoms. The van der Waals surface area contributed by atoms with Crippen LogP contribution in [0.3, 0.4) is 0 Å². The minimum absolute atomic E-state index is 0.0972. The number of hydrogen-bond acceptors (Lipinski definition) is 3. The van der Waals surface area contributed by atoms with Crippen LogP contribution in [0.5, 0.6) is 0 Å². The molecule has 0 saturated heterocycles. The summed E-state index contributed by atoms with van der Waals surface area (Å²) < 4.78 is 37.1. The molecular weight excluding hydrogens is 323 g/mol. The maximum absolute atomic E-state index is 12.4. The van der Waals surface area contributed by atoms with E-state index in [0.29, 0.717) is 15.6 Å². The van der Waals surface area contributed by atoms with E-state index in [1.807, 2.05) is 0 Å². The van der Waals surface area contributed by atoms with Crippen molar-refractivity contribution < 1.29 is 18.0 Å². The van der Waals surface area contributed by atoms with Gasteiger partial charge in [0, 0.05) is 16.8 Å². The summed E-state index contributed by atoms with van der Waals surface area (Å²) in [6, 6.07) is 8.62. The second-order valence-electron chi connectivity index (χ2n) is 4.10. The van der Waals surface area contributed by atoms with E-state index in [2.05, 4.69) is 4.98 Å². The molecule has 0 aliphatic rings. The Morgan fingerprint density at radius 2 is 1.81 bits per heavy atom. The lowest BCUT2D eigenvalue weighted by Crippen LogP contribution is -2.06. The maximum atomic E-state index is 12.4. The van der Waals surface area contributed by atoms with Crippen molar-refractivity contribution in [3.05, 3.63) is 58.7 Å². The third-order valence-corrected chi connectivity index (χ3v) is 3.78. The number of rotatable bonds is 4. The van der Waals surface area contributed by atoms with Gasteiger partial charge < -0.3 is 0 Å². The molecule has 2 rings (SSSR count). The molecule has 1 aromatic carbocycles. The monoisotopic (exact) mass is 331 g/mol. The van der Waals surface area contributed by atoms with E-state index < -0.39 is 11.7 Å². The highest BCUT2D eigenvalue weighted by Gasteiger charge is 2.30. The van der Waals surface area contributed by atoms with Crippen molar-refractivity contribution in [2.45, 2.75) is 11.2 Å². The van der Waals surface area contributed by atoms with E-state index in [-0.39, 0.29) is 11.5 Å². The lowest BCUT2D eigenvalue weighted by molar-refractivity contribution is -0.137. The Kier molecular flexibility index (Phi) is 4.90. The summed E-state index contributed by atoms with van der Waals surface area (Å²) in [5, 5.41) is 0.897. The molecule has 1 aromatic heterocycles. The van der Waals surface area contributed by atoms with E-state index in [1.54, 1.807) is 24.3 Å². The molecule has 2 nitrogen and oxygen atoms in total. The smallest absolute Gasteiger partial charge is 0.293 e. The number of halogens is 4. The molecule has 21 heavy (non-hydrogen) atoms. The second-order valence-corrected chi connectivity index (χ2v) is 5.53. The fourth-order valence-corrected chi connectivity index (χ4v) is 2.36.